The van der Waals surface area contributed by atoms with E-state index in [2.05, 4.69) is 14.9 Å². The molecule has 0 bridgehead atoms. The second-order valence-corrected chi connectivity index (χ2v) is 6.63. The standard InChI is InChI=1S/C20H26N4O3/c1-3-26-17-8-4-5-9-18(17)27-15-7-6-10-24(13-15)19-12-22-11-16(23-19)14(2)20(21)25/h4-5,8-9,11-12,14-15H,3,6-7,10,13H2,1-2H3,(H2,21,25). The molecule has 1 amide bonds. The van der Waals surface area contributed by atoms with Crippen molar-refractivity contribution < 1.29 is 14.3 Å². The summed E-state index contributed by atoms with van der Waals surface area (Å²) in [6, 6.07) is 7.73. The fourth-order valence-corrected chi connectivity index (χ4v) is 3.12. The van der Waals surface area contributed by atoms with Crippen LogP contribution in [-0.4, -0.2) is 41.7 Å². The largest absolute Gasteiger partial charge is 0.490 e. The summed E-state index contributed by atoms with van der Waals surface area (Å²) in [4.78, 5) is 22.4. The molecule has 0 spiro atoms. The molecule has 1 aromatic heterocycles. The van der Waals surface area contributed by atoms with Crippen molar-refractivity contribution in [1.82, 2.24) is 9.97 Å². The maximum Gasteiger partial charge on any atom is 0.226 e. The Morgan fingerprint density at radius 3 is 2.85 bits per heavy atom. The summed E-state index contributed by atoms with van der Waals surface area (Å²) >= 11 is 0. The number of aromatic nitrogens is 2. The van der Waals surface area contributed by atoms with Crippen LogP contribution >= 0.6 is 0 Å². The molecule has 1 saturated heterocycles. The lowest BCUT2D eigenvalue weighted by atomic mass is 10.1. The number of carbonyl (C=O) groups is 1. The van der Waals surface area contributed by atoms with E-state index in [0.29, 0.717) is 18.8 Å². The molecule has 2 heterocycles. The number of nitrogens with zero attached hydrogens (tertiary/aromatic N) is 3. The van der Waals surface area contributed by atoms with E-state index in [0.717, 1.165) is 36.7 Å². The fraction of sp³-hybridized carbons (Fsp3) is 0.450. The average Bonchev–Trinajstić information content (AvgIpc) is 2.69. The third kappa shape index (κ3) is 4.67. The van der Waals surface area contributed by atoms with Gasteiger partial charge in [-0.25, -0.2) is 4.98 Å². The van der Waals surface area contributed by atoms with Gasteiger partial charge in [0.25, 0.3) is 0 Å². The minimum atomic E-state index is -0.465. The molecule has 3 rings (SSSR count). The van der Waals surface area contributed by atoms with Gasteiger partial charge in [-0.05, 0) is 38.8 Å². The van der Waals surface area contributed by atoms with Crippen molar-refractivity contribution >= 4 is 11.7 Å². The molecule has 2 atom stereocenters. The van der Waals surface area contributed by atoms with Gasteiger partial charge in [-0.2, -0.15) is 0 Å². The first kappa shape index (κ1) is 18.9. The Balaban J connectivity index is 1.72. The minimum Gasteiger partial charge on any atom is -0.490 e. The van der Waals surface area contributed by atoms with E-state index in [4.69, 9.17) is 15.2 Å². The summed E-state index contributed by atoms with van der Waals surface area (Å²) in [6.45, 7) is 5.86. The van der Waals surface area contributed by atoms with Crippen LogP contribution in [0.1, 0.15) is 38.3 Å². The van der Waals surface area contributed by atoms with Gasteiger partial charge in [-0.15, -0.1) is 0 Å². The van der Waals surface area contributed by atoms with Crippen molar-refractivity contribution in [3.8, 4) is 11.5 Å². The van der Waals surface area contributed by atoms with Crippen LogP contribution in [0.4, 0.5) is 5.82 Å². The molecule has 0 saturated carbocycles. The first-order chi connectivity index (χ1) is 13.1. The number of ether oxygens (including phenoxy) is 2. The summed E-state index contributed by atoms with van der Waals surface area (Å²) in [6.07, 6.45) is 5.28. The molecule has 1 aliphatic heterocycles. The number of piperidine rings is 1. The second kappa shape index (κ2) is 8.70. The molecule has 1 aromatic carbocycles. The predicted octanol–water partition coefficient (Wildman–Crippen LogP) is 2.51. The van der Waals surface area contributed by atoms with Gasteiger partial charge in [0.1, 0.15) is 11.9 Å². The van der Waals surface area contributed by atoms with Crippen molar-refractivity contribution in [2.24, 2.45) is 5.73 Å². The first-order valence-corrected chi connectivity index (χ1v) is 9.33. The smallest absolute Gasteiger partial charge is 0.226 e. The van der Waals surface area contributed by atoms with Crippen LogP contribution in [0.25, 0.3) is 0 Å². The van der Waals surface area contributed by atoms with Gasteiger partial charge >= 0.3 is 0 Å². The van der Waals surface area contributed by atoms with Crippen molar-refractivity contribution in [2.45, 2.75) is 38.7 Å². The number of anilines is 1. The molecule has 2 aromatic rings. The number of nitrogens with two attached hydrogens (primary N) is 1. The molecule has 1 fully saturated rings. The molecule has 2 N–H and O–H groups in total. The van der Waals surface area contributed by atoms with Gasteiger partial charge in [0.2, 0.25) is 5.91 Å². The maximum absolute atomic E-state index is 11.4. The molecule has 7 heteroatoms. The van der Waals surface area contributed by atoms with Gasteiger partial charge in [0.05, 0.1) is 31.0 Å². The molecule has 7 nitrogen and oxygen atoms in total. The highest BCUT2D eigenvalue weighted by molar-refractivity contribution is 5.80. The topological polar surface area (TPSA) is 90.6 Å². The maximum atomic E-state index is 11.4. The van der Waals surface area contributed by atoms with Crippen LogP contribution in [0.2, 0.25) is 0 Å². The monoisotopic (exact) mass is 370 g/mol. The molecular formula is C20H26N4O3. The van der Waals surface area contributed by atoms with Gasteiger partial charge in [0, 0.05) is 12.7 Å². The van der Waals surface area contributed by atoms with Crippen LogP contribution in [0.15, 0.2) is 36.7 Å². The Hall–Kier alpha value is -2.83. The Morgan fingerprint density at radius 2 is 2.11 bits per heavy atom. The molecule has 0 radical (unpaired) electrons. The first-order valence-electron chi connectivity index (χ1n) is 9.33. The van der Waals surface area contributed by atoms with Crippen molar-refractivity contribution in [1.29, 1.82) is 0 Å². The Bertz CT molecular complexity index is 783. The average molecular weight is 370 g/mol. The Labute approximate surface area is 159 Å². The zero-order valence-electron chi connectivity index (χ0n) is 15.8. The lowest BCUT2D eigenvalue weighted by molar-refractivity contribution is -0.119. The van der Waals surface area contributed by atoms with E-state index >= 15 is 0 Å². The fourth-order valence-electron chi connectivity index (χ4n) is 3.12. The lowest BCUT2D eigenvalue weighted by Crippen LogP contribution is -2.41. The Kier molecular flexibility index (Phi) is 6.11. The highest BCUT2D eigenvalue weighted by atomic mass is 16.5. The van der Waals surface area contributed by atoms with E-state index in [1.54, 1.807) is 19.3 Å². The summed E-state index contributed by atoms with van der Waals surface area (Å²) in [7, 11) is 0. The molecule has 0 aliphatic carbocycles. The third-order valence-electron chi connectivity index (χ3n) is 4.66. The van der Waals surface area contributed by atoms with Crippen molar-refractivity contribution in [2.75, 3.05) is 24.6 Å². The number of hydrogen-bond acceptors (Lipinski definition) is 6. The van der Waals surface area contributed by atoms with Crippen molar-refractivity contribution in [3.63, 3.8) is 0 Å². The predicted molar refractivity (Wildman–Crippen MR) is 103 cm³/mol. The molecule has 1 aliphatic rings. The van der Waals surface area contributed by atoms with Crippen LogP contribution in [0.5, 0.6) is 11.5 Å². The SMILES string of the molecule is CCOc1ccccc1OC1CCCN(c2cncc(C(C)C(N)=O)n2)C1. The van der Waals surface area contributed by atoms with E-state index in [1.807, 2.05) is 31.2 Å². The number of carbonyl (C=O) groups excluding carboxylic acids is 1. The van der Waals surface area contributed by atoms with Crippen LogP contribution in [0.3, 0.4) is 0 Å². The second-order valence-electron chi connectivity index (χ2n) is 6.63. The zero-order valence-corrected chi connectivity index (χ0v) is 15.8. The van der Waals surface area contributed by atoms with Crippen LogP contribution < -0.4 is 20.1 Å². The summed E-state index contributed by atoms with van der Waals surface area (Å²) < 4.78 is 11.9. The summed E-state index contributed by atoms with van der Waals surface area (Å²) in [5.74, 6) is 1.38. The molecule has 27 heavy (non-hydrogen) atoms. The number of para-hydroxylation sites is 2. The third-order valence-corrected chi connectivity index (χ3v) is 4.66. The summed E-state index contributed by atoms with van der Waals surface area (Å²) in [5, 5.41) is 0. The summed E-state index contributed by atoms with van der Waals surface area (Å²) in [5.41, 5.74) is 5.98. The zero-order chi connectivity index (χ0) is 19.2. The van der Waals surface area contributed by atoms with Crippen LogP contribution in [-0.2, 0) is 4.79 Å². The van der Waals surface area contributed by atoms with Crippen molar-refractivity contribution in [3.05, 3.63) is 42.4 Å². The normalized spacial score (nSPS) is 18.0. The van der Waals surface area contributed by atoms with Crippen LogP contribution in [0, 0.1) is 0 Å². The number of amides is 1. The Morgan fingerprint density at radius 1 is 1.33 bits per heavy atom. The van der Waals surface area contributed by atoms with Gasteiger partial charge in [0.15, 0.2) is 11.5 Å². The lowest BCUT2D eigenvalue weighted by Gasteiger charge is -2.34. The minimum absolute atomic E-state index is 0.0272. The molecule has 144 valence electrons. The van der Waals surface area contributed by atoms with E-state index in [1.165, 1.54) is 0 Å². The number of primary amides is 1. The quantitative estimate of drug-likeness (QED) is 0.805. The van der Waals surface area contributed by atoms with E-state index in [-0.39, 0.29) is 6.10 Å². The van der Waals surface area contributed by atoms with Gasteiger partial charge in [-0.1, -0.05) is 12.1 Å². The van der Waals surface area contributed by atoms with E-state index in [9.17, 15) is 4.79 Å². The highest BCUT2D eigenvalue weighted by Gasteiger charge is 2.24. The number of hydrogen-bond donors (Lipinski definition) is 1. The van der Waals surface area contributed by atoms with Gasteiger partial charge < -0.3 is 20.1 Å². The number of benzene rings is 1. The number of rotatable bonds is 7. The van der Waals surface area contributed by atoms with E-state index < -0.39 is 11.8 Å². The highest BCUT2D eigenvalue weighted by Crippen LogP contribution is 2.30. The van der Waals surface area contributed by atoms with Gasteiger partial charge in [-0.3, -0.25) is 9.78 Å². The molecular weight excluding hydrogens is 344 g/mol. The molecule has 2 unspecified atom stereocenters.